The number of rotatable bonds is 5. The van der Waals surface area contributed by atoms with E-state index < -0.39 is 0 Å². The zero-order valence-electron chi connectivity index (χ0n) is 16.6. The van der Waals surface area contributed by atoms with Crippen LogP contribution in [0.5, 0.6) is 11.5 Å². The van der Waals surface area contributed by atoms with Gasteiger partial charge in [-0.3, -0.25) is 14.5 Å². The molecule has 0 radical (unpaired) electrons. The third kappa shape index (κ3) is 4.59. The van der Waals surface area contributed by atoms with Crippen molar-refractivity contribution in [2.75, 3.05) is 31.6 Å². The molecule has 0 bridgehead atoms. The first-order valence-electron chi connectivity index (χ1n) is 10.1. The quantitative estimate of drug-likeness (QED) is 0.781. The molecular formula is C23H26N2O4. The average Bonchev–Trinajstić information content (AvgIpc) is 3.03. The van der Waals surface area contributed by atoms with Gasteiger partial charge in [0.15, 0.2) is 17.3 Å². The van der Waals surface area contributed by atoms with Crippen LogP contribution in [0, 0.1) is 0 Å². The van der Waals surface area contributed by atoms with Gasteiger partial charge in [0.1, 0.15) is 0 Å². The number of nitrogens with zero attached hydrogens (tertiary/aromatic N) is 1. The van der Waals surface area contributed by atoms with Gasteiger partial charge in [-0.25, -0.2) is 0 Å². The minimum Gasteiger partial charge on any atom is -0.490 e. The van der Waals surface area contributed by atoms with E-state index in [0.717, 1.165) is 42.9 Å². The molecule has 1 saturated heterocycles. The summed E-state index contributed by atoms with van der Waals surface area (Å²) < 4.78 is 11.5. The van der Waals surface area contributed by atoms with Crippen molar-refractivity contribution in [2.45, 2.75) is 32.2 Å². The fourth-order valence-electron chi connectivity index (χ4n) is 3.98. The van der Waals surface area contributed by atoms with Gasteiger partial charge in [0.25, 0.3) is 0 Å². The Hall–Kier alpha value is -2.86. The van der Waals surface area contributed by atoms with Crippen LogP contribution >= 0.6 is 0 Å². The van der Waals surface area contributed by atoms with Crippen LogP contribution in [-0.4, -0.2) is 42.9 Å². The van der Waals surface area contributed by atoms with Crippen molar-refractivity contribution in [1.29, 1.82) is 0 Å². The summed E-state index contributed by atoms with van der Waals surface area (Å²) in [6.45, 7) is 4.04. The second-order valence-electron chi connectivity index (χ2n) is 7.57. The standard InChI is InChI=1S/C23H26N2O4/c1-16(26)17-5-2-6-19(13-17)24-23(27)15-25-10-3-7-20(25)18-8-9-21-22(14-18)29-12-4-11-28-21/h2,5-6,8-9,13-14,20H,3-4,7,10-12,15H2,1H3,(H,24,27). The van der Waals surface area contributed by atoms with Crippen molar-refractivity contribution < 1.29 is 19.1 Å². The summed E-state index contributed by atoms with van der Waals surface area (Å²) >= 11 is 0. The third-order valence-electron chi connectivity index (χ3n) is 5.42. The van der Waals surface area contributed by atoms with Crippen molar-refractivity contribution in [3.05, 3.63) is 53.6 Å². The molecule has 2 aliphatic rings. The zero-order valence-corrected chi connectivity index (χ0v) is 16.6. The molecule has 152 valence electrons. The number of Topliss-reactive ketones (excluding diaryl/α,β-unsaturated/α-hetero) is 1. The number of hydrogen-bond donors (Lipinski definition) is 1. The molecule has 2 aromatic carbocycles. The number of anilines is 1. The van der Waals surface area contributed by atoms with Gasteiger partial charge in [0.05, 0.1) is 19.8 Å². The first kappa shape index (κ1) is 19.5. The molecule has 0 aliphatic carbocycles. The average molecular weight is 394 g/mol. The summed E-state index contributed by atoms with van der Waals surface area (Å²) in [7, 11) is 0. The van der Waals surface area contributed by atoms with E-state index in [-0.39, 0.29) is 17.7 Å². The normalized spacial score (nSPS) is 18.9. The van der Waals surface area contributed by atoms with Gasteiger partial charge in [-0.05, 0) is 56.1 Å². The number of amides is 1. The molecule has 2 heterocycles. The van der Waals surface area contributed by atoms with Gasteiger partial charge >= 0.3 is 0 Å². The maximum Gasteiger partial charge on any atom is 0.238 e. The highest BCUT2D eigenvalue weighted by atomic mass is 16.5. The first-order valence-corrected chi connectivity index (χ1v) is 10.1. The van der Waals surface area contributed by atoms with Crippen LogP contribution in [0.2, 0.25) is 0 Å². The molecule has 0 saturated carbocycles. The van der Waals surface area contributed by atoms with Gasteiger partial charge < -0.3 is 14.8 Å². The van der Waals surface area contributed by atoms with Crippen LogP contribution in [0.25, 0.3) is 0 Å². The number of ketones is 1. The van der Waals surface area contributed by atoms with Gasteiger partial charge in [-0.15, -0.1) is 0 Å². The lowest BCUT2D eigenvalue weighted by molar-refractivity contribution is -0.117. The van der Waals surface area contributed by atoms with Crippen molar-refractivity contribution in [3.8, 4) is 11.5 Å². The summed E-state index contributed by atoms with van der Waals surface area (Å²) in [5.74, 6) is 1.48. The zero-order chi connectivity index (χ0) is 20.2. The van der Waals surface area contributed by atoms with E-state index in [1.807, 2.05) is 6.07 Å². The smallest absolute Gasteiger partial charge is 0.238 e. The number of fused-ring (bicyclic) bond motifs is 1. The molecule has 6 nitrogen and oxygen atoms in total. The molecule has 2 aromatic rings. The number of carbonyl (C=O) groups excluding carboxylic acids is 2. The van der Waals surface area contributed by atoms with Crippen LogP contribution in [0.4, 0.5) is 5.69 Å². The molecule has 0 aromatic heterocycles. The summed E-state index contributed by atoms with van der Waals surface area (Å²) in [5, 5.41) is 2.92. The topological polar surface area (TPSA) is 67.9 Å². The van der Waals surface area contributed by atoms with Gasteiger partial charge in [0, 0.05) is 23.7 Å². The van der Waals surface area contributed by atoms with Crippen molar-refractivity contribution in [2.24, 2.45) is 0 Å². The van der Waals surface area contributed by atoms with Crippen molar-refractivity contribution in [3.63, 3.8) is 0 Å². The van der Waals surface area contributed by atoms with E-state index in [1.165, 1.54) is 6.92 Å². The monoisotopic (exact) mass is 394 g/mol. The fourth-order valence-corrected chi connectivity index (χ4v) is 3.98. The Labute approximate surface area is 170 Å². The maximum absolute atomic E-state index is 12.6. The predicted octanol–water partition coefficient (Wildman–Crippen LogP) is 3.83. The van der Waals surface area contributed by atoms with Crippen molar-refractivity contribution >= 4 is 17.4 Å². The first-order chi connectivity index (χ1) is 14.1. The van der Waals surface area contributed by atoms with Crippen LogP contribution in [0.3, 0.4) is 0 Å². The SMILES string of the molecule is CC(=O)c1cccc(NC(=O)CN2CCCC2c2ccc3c(c2)OCCCO3)c1. The fraction of sp³-hybridized carbons (Fsp3) is 0.391. The lowest BCUT2D eigenvalue weighted by Crippen LogP contribution is -2.33. The number of likely N-dealkylation sites (tertiary alicyclic amines) is 1. The molecule has 1 N–H and O–H groups in total. The highest BCUT2D eigenvalue weighted by Gasteiger charge is 2.28. The molecule has 1 fully saturated rings. The number of hydrogen-bond acceptors (Lipinski definition) is 5. The Bertz CT molecular complexity index is 912. The predicted molar refractivity (Wildman–Crippen MR) is 111 cm³/mol. The molecule has 6 heteroatoms. The third-order valence-corrected chi connectivity index (χ3v) is 5.42. The highest BCUT2D eigenvalue weighted by Crippen LogP contribution is 2.37. The van der Waals surface area contributed by atoms with Crippen LogP contribution in [0.15, 0.2) is 42.5 Å². The molecule has 4 rings (SSSR count). The second-order valence-corrected chi connectivity index (χ2v) is 7.57. The molecule has 2 aliphatic heterocycles. The summed E-state index contributed by atoms with van der Waals surface area (Å²) in [5.41, 5.74) is 2.39. The van der Waals surface area contributed by atoms with Crippen molar-refractivity contribution in [1.82, 2.24) is 4.90 Å². The molecule has 0 spiro atoms. The lowest BCUT2D eigenvalue weighted by Gasteiger charge is -2.25. The van der Waals surface area contributed by atoms with E-state index in [4.69, 9.17) is 9.47 Å². The van der Waals surface area contributed by atoms with Crippen LogP contribution in [-0.2, 0) is 4.79 Å². The Kier molecular flexibility index (Phi) is 5.81. The Morgan fingerprint density at radius 3 is 2.72 bits per heavy atom. The van der Waals surface area contributed by atoms with Gasteiger partial charge in [0.2, 0.25) is 5.91 Å². The largest absolute Gasteiger partial charge is 0.490 e. The van der Waals surface area contributed by atoms with E-state index in [9.17, 15) is 9.59 Å². The summed E-state index contributed by atoms with van der Waals surface area (Å²) in [6.07, 6.45) is 2.93. The van der Waals surface area contributed by atoms with E-state index in [2.05, 4.69) is 22.3 Å². The van der Waals surface area contributed by atoms with E-state index in [0.29, 0.717) is 31.0 Å². The summed E-state index contributed by atoms with van der Waals surface area (Å²) in [6, 6.07) is 13.3. The summed E-state index contributed by atoms with van der Waals surface area (Å²) in [4.78, 5) is 26.4. The minimum absolute atomic E-state index is 0.0184. The van der Waals surface area contributed by atoms with E-state index in [1.54, 1.807) is 24.3 Å². The lowest BCUT2D eigenvalue weighted by atomic mass is 10.0. The number of ether oxygens (including phenoxy) is 2. The molecule has 29 heavy (non-hydrogen) atoms. The Morgan fingerprint density at radius 1 is 1.07 bits per heavy atom. The molecule has 1 amide bonds. The Balaban J connectivity index is 1.43. The minimum atomic E-state index is -0.0769. The maximum atomic E-state index is 12.6. The van der Waals surface area contributed by atoms with Crippen LogP contribution < -0.4 is 14.8 Å². The van der Waals surface area contributed by atoms with Gasteiger partial charge in [-0.2, -0.15) is 0 Å². The number of nitrogens with one attached hydrogen (secondary N) is 1. The number of benzene rings is 2. The van der Waals surface area contributed by atoms with Gasteiger partial charge in [-0.1, -0.05) is 18.2 Å². The number of carbonyl (C=O) groups is 2. The molecule has 1 unspecified atom stereocenters. The molecular weight excluding hydrogens is 368 g/mol. The van der Waals surface area contributed by atoms with Crippen LogP contribution in [0.1, 0.15) is 48.1 Å². The van der Waals surface area contributed by atoms with E-state index >= 15 is 0 Å². The second kappa shape index (κ2) is 8.66. The Morgan fingerprint density at radius 2 is 1.90 bits per heavy atom. The highest BCUT2D eigenvalue weighted by molar-refractivity contribution is 5.97. The molecule has 1 atom stereocenters.